The van der Waals surface area contributed by atoms with E-state index >= 15 is 0 Å². The molecule has 54 valence electrons. The fraction of sp³-hybridized carbons (Fsp3) is 0.167. The summed E-state index contributed by atoms with van der Waals surface area (Å²) in [4.78, 5) is 0. The van der Waals surface area contributed by atoms with Gasteiger partial charge in [0.25, 0.3) is 0 Å². The van der Waals surface area contributed by atoms with Crippen molar-refractivity contribution in [2.45, 2.75) is 6.92 Å². The minimum atomic E-state index is 0.382. The van der Waals surface area contributed by atoms with E-state index in [1.807, 2.05) is 6.92 Å². The smallest absolute Gasteiger partial charge is 0.284 e. The number of aromatic nitrogens is 1. The first-order valence-corrected chi connectivity index (χ1v) is 3.21. The summed E-state index contributed by atoms with van der Waals surface area (Å²) in [5.41, 5.74) is 6.44. The number of rotatable bonds is 0. The Morgan fingerprint density at radius 3 is 2.70 bits per heavy atom. The van der Waals surface area contributed by atoms with Crippen molar-refractivity contribution in [1.29, 1.82) is 0 Å². The van der Waals surface area contributed by atoms with E-state index in [2.05, 4.69) is 0 Å². The Morgan fingerprint density at radius 1 is 1.60 bits per heavy atom. The molecule has 0 amide bonds. The molecule has 1 rings (SSSR count). The molecule has 0 aliphatic carbocycles. The Balaban J connectivity index is 3.31. The van der Waals surface area contributed by atoms with Crippen LogP contribution in [0.4, 0.5) is 5.82 Å². The lowest BCUT2D eigenvalue weighted by Crippen LogP contribution is -2.47. The third kappa shape index (κ3) is 1.14. The van der Waals surface area contributed by atoms with Crippen molar-refractivity contribution in [1.82, 2.24) is 0 Å². The second-order valence-corrected chi connectivity index (χ2v) is 2.57. The number of pyridine rings is 1. The van der Waals surface area contributed by atoms with Crippen LogP contribution in [0.1, 0.15) is 5.56 Å². The maximum atomic E-state index is 5.69. The zero-order valence-corrected chi connectivity index (χ0v) is 6.39. The molecule has 1 aromatic rings. The molecule has 0 aliphatic rings. The maximum Gasteiger partial charge on any atom is 0.314 e. The van der Waals surface area contributed by atoms with Gasteiger partial charge in [-0.25, -0.2) is 0 Å². The highest BCUT2D eigenvalue weighted by atomic mass is 35.5. The van der Waals surface area contributed by atoms with Crippen LogP contribution < -0.4 is 16.3 Å². The zero-order chi connectivity index (χ0) is 7.72. The van der Waals surface area contributed by atoms with Gasteiger partial charge in [0.2, 0.25) is 0 Å². The van der Waals surface area contributed by atoms with E-state index in [9.17, 15) is 0 Å². The Labute approximate surface area is 64.2 Å². The first kappa shape index (κ1) is 7.15. The molecule has 0 aliphatic heterocycles. The normalized spacial score (nSPS) is 9.80. The lowest BCUT2D eigenvalue weighted by Gasteiger charge is -1.97. The first-order chi connectivity index (χ1) is 4.61. The summed E-state index contributed by atoms with van der Waals surface area (Å²) in [7, 11) is 0. The maximum absolute atomic E-state index is 5.69. The Hall–Kier alpha value is -0.960. The van der Waals surface area contributed by atoms with Crippen molar-refractivity contribution < 1.29 is 4.68 Å². The molecule has 4 heteroatoms. The second-order valence-electron chi connectivity index (χ2n) is 2.16. The number of anilines is 1. The van der Waals surface area contributed by atoms with Gasteiger partial charge < -0.3 is 0 Å². The molecular formula is C6H9ClN3+. The summed E-state index contributed by atoms with van der Waals surface area (Å²) >= 11 is 5.69. The number of aryl methyl sites for hydroxylation is 1. The third-order valence-electron chi connectivity index (χ3n) is 1.22. The number of nitrogen functional groups attached to an aromatic ring is 2. The molecule has 1 heterocycles. The Bertz CT molecular complexity index is 236. The topological polar surface area (TPSA) is 55.9 Å². The van der Waals surface area contributed by atoms with E-state index in [4.69, 9.17) is 23.2 Å². The molecule has 1 aromatic heterocycles. The van der Waals surface area contributed by atoms with E-state index in [1.165, 1.54) is 4.68 Å². The molecular weight excluding hydrogens is 150 g/mol. The van der Waals surface area contributed by atoms with E-state index in [0.717, 1.165) is 5.56 Å². The second kappa shape index (κ2) is 2.34. The van der Waals surface area contributed by atoms with E-state index < -0.39 is 0 Å². The van der Waals surface area contributed by atoms with E-state index in [0.29, 0.717) is 10.8 Å². The summed E-state index contributed by atoms with van der Waals surface area (Å²) in [6.45, 7) is 1.90. The highest BCUT2D eigenvalue weighted by Crippen LogP contribution is 2.13. The summed E-state index contributed by atoms with van der Waals surface area (Å²) in [6, 6.07) is 1.76. The zero-order valence-electron chi connectivity index (χ0n) is 5.63. The van der Waals surface area contributed by atoms with Crippen molar-refractivity contribution in [3.05, 3.63) is 22.8 Å². The molecule has 0 saturated carbocycles. The SMILES string of the molecule is Cc1cc(Cl)c(N)[n+](N)c1. The fourth-order valence-corrected chi connectivity index (χ4v) is 0.993. The van der Waals surface area contributed by atoms with Crippen LogP contribution in [0, 0.1) is 6.92 Å². The van der Waals surface area contributed by atoms with Gasteiger partial charge in [0, 0.05) is 0 Å². The van der Waals surface area contributed by atoms with Gasteiger partial charge >= 0.3 is 5.82 Å². The van der Waals surface area contributed by atoms with Crippen LogP contribution in [-0.4, -0.2) is 0 Å². The molecule has 0 radical (unpaired) electrons. The highest BCUT2D eigenvalue weighted by molar-refractivity contribution is 6.32. The van der Waals surface area contributed by atoms with Gasteiger partial charge in [-0.15, -0.1) is 4.68 Å². The average Bonchev–Trinajstić information content (AvgIpc) is 1.82. The summed E-state index contributed by atoms with van der Waals surface area (Å²) in [5.74, 6) is 5.81. The van der Waals surface area contributed by atoms with Gasteiger partial charge in [0.05, 0.1) is 0 Å². The Morgan fingerprint density at radius 2 is 2.20 bits per heavy atom. The number of hydrogen-bond acceptors (Lipinski definition) is 2. The van der Waals surface area contributed by atoms with Crippen LogP contribution in [0.5, 0.6) is 0 Å². The summed E-state index contributed by atoms with van der Waals surface area (Å²) < 4.78 is 1.30. The van der Waals surface area contributed by atoms with Gasteiger partial charge in [-0.2, -0.15) is 0 Å². The van der Waals surface area contributed by atoms with Crippen LogP contribution in [0.15, 0.2) is 12.3 Å². The number of nitrogens with two attached hydrogens (primary N) is 2. The first-order valence-electron chi connectivity index (χ1n) is 2.83. The van der Waals surface area contributed by atoms with Gasteiger partial charge in [0.15, 0.2) is 0 Å². The van der Waals surface area contributed by atoms with Crippen LogP contribution in [0.25, 0.3) is 0 Å². The molecule has 0 spiro atoms. The van der Waals surface area contributed by atoms with Crippen molar-refractivity contribution in [3.63, 3.8) is 0 Å². The quantitative estimate of drug-likeness (QED) is 0.420. The largest absolute Gasteiger partial charge is 0.314 e. The van der Waals surface area contributed by atoms with Crippen LogP contribution in [0.2, 0.25) is 5.02 Å². The van der Waals surface area contributed by atoms with Crippen molar-refractivity contribution in [2.75, 3.05) is 11.6 Å². The molecule has 0 bridgehead atoms. The predicted molar refractivity (Wildman–Crippen MR) is 40.9 cm³/mol. The number of halogens is 1. The molecule has 0 fully saturated rings. The number of nitrogens with zero attached hydrogens (tertiary/aromatic N) is 1. The summed E-state index contributed by atoms with van der Waals surface area (Å²) in [6.07, 6.45) is 1.71. The molecule has 10 heavy (non-hydrogen) atoms. The molecule has 4 N–H and O–H groups in total. The standard InChI is InChI=1S/C6H8ClN3/c1-4-2-5(7)6(8)10(9)3-4/h2-3,8H,9H2,1H3/p+1. The average molecular weight is 159 g/mol. The van der Waals surface area contributed by atoms with Gasteiger partial charge in [0.1, 0.15) is 11.2 Å². The highest BCUT2D eigenvalue weighted by Gasteiger charge is 2.06. The van der Waals surface area contributed by atoms with Gasteiger partial charge in [-0.05, 0) is 18.6 Å². The van der Waals surface area contributed by atoms with E-state index in [1.54, 1.807) is 12.3 Å². The lowest BCUT2D eigenvalue weighted by atomic mass is 10.3. The van der Waals surface area contributed by atoms with Gasteiger partial charge in [-0.1, -0.05) is 11.6 Å². The summed E-state index contributed by atoms with van der Waals surface area (Å²) in [5, 5.41) is 0.488. The monoisotopic (exact) mass is 158 g/mol. The fourth-order valence-electron chi connectivity index (χ4n) is 0.723. The molecule has 0 unspecified atom stereocenters. The molecule has 3 nitrogen and oxygen atoms in total. The molecule has 0 atom stereocenters. The minimum absolute atomic E-state index is 0.382. The van der Waals surface area contributed by atoms with Crippen molar-refractivity contribution >= 4 is 17.4 Å². The predicted octanol–water partition coefficient (Wildman–Crippen LogP) is 0.232. The van der Waals surface area contributed by atoms with Gasteiger partial charge in [-0.3, -0.25) is 11.6 Å². The van der Waals surface area contributed by atoms with E-state index in [-0.39, 0.29) is 0 Å². The number of hydrogen-bond donors (Lipinski definition) is 2. The lowest BCUT2D eigenvalue weighted by molar-refractivity contribution is -0.624. The van der Waals surface area contributed by atoms with Crippen LogP contribution >= 0.6 is 11.6 Å². The third-order valence-corrected chi connectivity index (χ3v) is 1.52. The molecule has 0 aromatic carbocycles. The van der Waals surface area contributed by atoms with Crippen LogP contribution in [0.3, 0.4) is 0 Å². The van der Waals surface area contributed by atoms with Crippen molar-refractivity contribution in [2.24, 2.45) is 0 Å². The van der Waals surface area contributed by atoms with Crippen LogP contribution in [-0.2, 0) is 0 Å². The molecule has 0 saturated heterocycles. The minimum Gasteiger partial charge on any atom is -0.284 e. The van der Waals surface area contributed by atoms with Crippen molar-refractivity contribution in [3.8, 4) is 0 Å². The Kier molecular flexibility index (Phi) is 1.68.